The Labute approximate surface area is 84.1 Å². The first kappa shape index (κ1) is 13.8. The minimum Gasteiger partial charge on any atom is -0.312 e. The van der Waals surface area contributed by atoms with Gasteiger partial charge in [0.1, 0.15) is 0 Å². The van der Waals surface area contributed by atoms with Gasteiger partial charge in [-0.2, -0.15) is 0 Å². The van der Waals surface area contributed by atoms with Gasteiger partial charge in [0.05, 0.1) is 6.07 Å². The zero-order valence-electron chi connectivity index (χ0n) is 8.34. The molecule has 0 unspecified atom stereocenters. The maximum atomic E-state index is 12.0. The van der Waals surface area contributed by atoms with E-state index in [2.05, 4.69) is 0 Å². The number of halogens is 5. The number of nitrogens with zero attached hydrogens (tertiary/aromatic N) is 1. The Balaban J connectivity index is 0.000000423. The van der Waals surface area contributed by atoms with Crippen LogP contribution in [-0.2, 0) is 0 Å². The highest BCUT2D eigenvalue weighted by molar-refractivity contribution is 5.11. The molecule has 1 radical (unpaired) electrons. The van der Waals surface area contributed by atoms with E-state index in [1.807, 2.05) is 26.0 Å². The fourth-order valence-electron chi connectivity index (χ4n) is 0.495. The second-order valence-electron chi connectivity index (χ2n) is 3.04. The van der Waals surface area contributed by atoms with Crippen molar-refractivity contribution in [3.05, 3.63) is 35.2 Å². The highest BCUT2D eigenvalue weighted by Gasteiger charge is 2.18. The van der Waals surface area contributed by atoms with E-state index >= 15 is 0 Å². The molecule has 0 saturated carbocycles. The third-order valence-corrected chi connectivity index (χ3v) is 0.990. The molecule has 0 saturated heterocycles. The van der Waals surface area contributed by atoms with Crippen LogP contribution >= 0.6 is 0 Å². The molecule has 0 amide bonds. The van der Waals surface area contributed by atoms with Gasteiger partial charge in [0.25, 0.3) is 0 Å². The molecule has 6 heteroatoms. The third kappa shape index (κ3) is 4.24. The van der Waals surface area contributed by atoms with Gasteiger partial charge in [-0.15, -0.1) is 0 Å². The van der Waals surface area contributed by atoms with Gasteiger partial charge in [-0.1, -0.05) is 0 Å². The average molecular weight is 226 g/mol. The Kier molecular flexibility index (Phi) is 5.21. The lowest BCUT2D eigenvalue weighted by atomic mass is 10.3. The molecule has 1 rings (SSSR count). The molecule has 0 aliphatic carbocycles. The molecule has 1 nitrogen and oxygen atoms in total. The van der Waals surface area contributed by atoms with Gasteiger partial charge in [-0.3, -0.25) is 0 Å². The zero-order valence-corrected chi connectivity index (χ0v) is 8.34. The van der Waals surface area contributed by atoms with Crippen LogP contribution in [0, 0.1) is 35.2 Å². The van der Waals surface area contributed by atoms with Gasteiger partial charge in [0.2, 0.25) is 5.82 Å². The van der Waals surface area contributed by atoms with Crippen LogP contribution in [0.4, 0.5) is 22.0 Å². The summed E-state index contributed by atoms with van der Waals surface area (Å²) >= 11 is 0. The lowest BCUT2D eigenvalue weighted by molar-refractivity contribution is 0.377. The molecule has 0 aromatic heterocycles. The predicted molar refractivity (Wildman–Crippen MR) is 44.7 cm³/mol. The van der Waals surface area contributed by atoms with Crippen molar-refractivity contribution in [2.75, 3.05) is 21.1 Å². The number of hydrogen-bond donors (Lipinski definition) is 0. The first-order valence-corrected chi connectivity index (χ1v) is 3.79. The number of hydrogen-bond acceptors (Lipinski definition) is 1. The minimum atomic E-state index is -2.17. The van der Waals surface area contributed by atoms with Crippen molar-refractivity contribution >= 4 is 0 Å². The van der Waals surface area contributed by atoms with Gasteiger partial charge >= 0.3 is 0 Å². The summed E-state index contributed by atoms with van der Waals surface area (Å²) in [7, 11) is 6.00. The summed E-state index contributed by atoms with van der Waals surface area (Å²) in [5, 5.41) is 0. The Bertz CT molecular complexity index is 309. The van der Waals surface area contributed by atoms with E-state index in [1.54, 1.807) is 0 Å². The SMILES string of the molecule is CN(C)C.Fc1[c]c(F)c(F)c(F)c1F. The molecule has 0 atom stereocenters. The van der Waals surface area contributed by atoms with Crippen LogP contribution in [0.2, 0.25) is 0 Å². The van der Waals surface area contributed by atoms with E-state index in [0.29, 0.717) is 0 Å². The fraction of sp³-hybridized carbons (Fsp3) is 0.333. The van der Waals surface area contributed by atoms with E-state index in [1.165, 1.54) is 0 Å². The molecule has 0 heterocycles. The molecule has 0 N–H and O–H groups in total. The van der Waals surface area contributed by atoms with Crippen molar-refractivity contribution in [2.45, 2.75) is 0 Å². The highest BCUT2D eigenvalue weighted by atomic mass is 19.2. The zero-order chi connectivity index (χ0) is 12.2. The van der Waals surface area contributed by atoms with Crippen molar-refractivity contribution < 1.29 is 22.0 Å². The van der Waals surface area contributed by atoms with Crippen molar-refractivity contribution in [3.63, 3.8) is 0 Å². The Morgan fingerprint density at radius 2 is 1.00 bits per heavy atom. The molecule has 0 spiro atoms. The summed E-state index contributed by atoms with van der Waals surface area (Å²) in [5.41, 5.74) is 0. The molecule has 15 heavy (non-hydrogen) atoms. The first-order valence-electron chi connectivity index (χ1n) is 3.79. The molecular weight excluding hydrogens is 217 g/mol. The molecule has 1 aromatic carbocycles. The Morgan fingerprint density at radius 3 is 1.27 bits per heavy atom. The number of rotatable bonds is 0. The van der Waals surface area contributed by atoms with Crippen LogP contribution in [0.3, 0.4) is 0 Å². The summed E-state index contributed by atoms with van der Waals surface area (Å²) in [6, 6.07) is 1.02. The van der Waals surface area contributed by atoms with Crippen molar-refractivity contribution in [1.29, 1.82) is 0 Å². The molecule has 0 aliphatic rings. The maximum Gasteiger partial charge on any atom is 0.200 e. The van der Waals surface area contributed by atoms with E-state index in [4.69, 9.17) is 0 Å². The topological polar surface area (TPSA) is 3.24 Å². The summed E-state index contributed by atoms with van der Waals surface area (Å²) in [6.45, 7) is 0. The highest BCUT2D eigenvalue weighted by Crippen LogP contribution is 2.16. The van der Waals surface area contributed by atoms with Crippen LogP contribution in [0.25, 0.3) is 0 Å². The van der Waals surface area contributed by atoms with Gasteiger partial charge in [-0.25, -0.2) is 22.0 Å². The quantitative estimate of drug-likeness (QED) is 0.373. The molecule has 85 valence electrons. The van der Waals surface area contributed by atoms with Crippen LogP contribution in [0.5, 0.6) is 0 Å². The van der Waals surface area contributed by atoms with Gasteiger partial charge in [-0.05, 0) is 21.1 Å². The molecule has 0 aliphatic heterocycles. The van der Waals surface area contributed by atoms with Crippen LogP contribution in [0.1, 0.15) is 0 Å². The summed E-state index contributed by atoms with van der Waals surface area (Å²) in [5.74, 6) is -10.0. The first-order chi connectivity index (χ1) is 6.77. The van der Waals surface area contributed by atoms with E-state index in [0.717, 1.165) is 6.07 Å². The van der Waals surface area contributed by atoms with Crippen LogP contribution in [-0.4, -0.2) is 26.0 Å². The Hall–Kier alpha value is -1.17. The standard InChI is InChI=1S/C6F5.C3H9N/c7-2-1-3(8)5(10)6(11)4(2)9;1-4(2)3/h;1-3H3. The number of benzene rings is 1. The molecule has 1 aromatic rings. The van der Waals surface area contributed by atoms with Crippen LogP contribution < -0.4 is 0 Å². The normalized spacial score (nSPS) is 9.93. The van der Waals surface area contributed by atoms with Crippen molar-refractivity contribution in [3.8, 4) is 0 Å². The maximum absolute atomic E-state index is 12.0. The van der Waals surface area contributed by atoms with Crippen molar-refractivity contribution in [1.82, 2.24) is 4.90 Å². The predicted octanol–water partition coefficient (Wildman–Crippen LogP) is 2.36. The summed E-state index contributed by atoms with van der Waals surface area (Å²) in [4.78, 5) is 2.00. The van der Waals surface area contributed by atoms with Gasteiger partial charge in [0.15, 0.2) is 23.3 Å². The third-order valence-electron chi connectivity index (χ3n) is 0.990. The smallest absolute Gasteiger partial charge is 0.200 e. The second kappa shape index (κ2) is 5.65. The second-order valence-corrected chi connectivity index (χ2v) is 3.04. The van der Waals surface area contributed by atoms with Gasteiger partial charge < -0.3 is 4.90 Å². The lowest BCUT2D eigenvalue weighted by Crippen LogP contribution is -1.99. The summed E-state index contributed by atoms with van der Waals surface area (Å²) < 4.78 is 59.9. The largest absolute Gasteiger partial charge is 0.312 e. The molecule has 0 fully saturated rings. The van der Waals surface area contributed by atoms with Crippen LogP contribution in [0.15, 0.2) is 0 Å². The van der Waals surface area contributed by atoms with E-state index in [9.17, 15) is 22.0 Å². The van der Waals surface area contributed by atoms with E-state index < -0.39 is 29.1 Å². The van der Waals surface area contributed by atoms with Crippen molar-refractivity contribution in [2.24, 2.45) is 0 Å². The summed E-state index contributed by atoms with van der Waals surface area (Å²) in [6.07, 6.45) is 0. The van der Waals surface area contributed by atoms with E-state index in [-0.39, 0.29) is 0 Å². The lowest BCUT2D eigenvalue weighted by Gasteiger charge is -1.95. The fourth-order valence-corrected chi connectivity index (χ4v) is 0.495. The molecular formula is C9H9F5N. The Morgan fingerprint density at radius 1 is 0.733 bits per heavy atom. The molecule has 0 bridgehead atoms. The monoisotopic (exact) mass is 226 g/mol. The minimum absolute atomic E-state index is 1.02. The average Bonchev–Trinajstić information content (AvgIpc) is 2.11. The van der Waals surface area contributed by atoms with Gasteiger partial charge in [0, 0.05) is 0 Å².